The van der Waals surface area contributed by atoms with Gasteiger partial charge in [0.05, 0.1) is 12.1 Å². The van der Waals surface area contributed by atoms with Gasteiger partial charge in [-0.3, -0.25) is 19.8 Å². The highest BCUT2D eigenvalue weighted by atomic mass is 35.5. The summed E-state index contributed by atoms with van der Waals surface area (Å²) >= 11 is 7.79. The Hall–Kier alpha value is -2.55. The molecule has 1 atom stereocenters. The molecule has 29 heavy (non-hydrogen) atoms. The van der Waals surface area contributed by atoms with Crippen LogP contribution in [0, 0.1) is 20.8 Å². The van der Waals surface area contributed by atoms with E-state index in [0.29, 0.717) is 10.8 Å². The fourth-order valence-corrected chi connectivity index (χ4v) is 4.84. The molecule has 2 aromatic heterocycles. The molecule has 1 aliphatic heterocycles. The molecular weight excluding hydrogens is 408 g/mol. The second-order valence-electron chi connectivity index (χ2n) is 6.91. The molecular formula is C20H21ClN6OS. The number of rotatable bonds is 4. The van der Waals surface area contributed by atoms with Crippen molar-refractivity contribution in [2.75, 3.05) is 7.05 Å². The molecule has 0 bridgehead atoms. The molecule has 4 rings (SSSR count). The van der Waals surface area contributed by atoms with Crippen molar-refractivity contribution in [1.29, 1.82) is 0 Å². The van der Waals surface area contributed by atoms with E-state index in [0.717, 1.165) is 33.2 Å². The van der Waals surface area contributed by atoms with Crippen LogP contribution in [0.2, 0.25) is 5.02 Å². The minimum atomic E-state index is -0.463. The Morgan fingerprint density at radius 3 is 2.62 bits per heavy atom. The summed E-state index contributed by atoms with van der Waals surface area (Å²) < 4.78 is 2.03. The Morgan fingerprint density at radius 2 is 1.93 bits per heavy atom. The van der Waals surface area contributed by atoms with Crippen molar-refractivity contribution in [3.63, 3.8) is 0 Å². The first-order valence-corrected chi connectivity index (χ1v) is 10.4. The monoisotopic (exact) mass is 428 g/mol. The maximum Gasteiger partial charge on any atom is 0.236 e. The summed E-state index contributed by atoms with van der Waals surface area (Å²) in [6.07, 6.45) is 0.156. The van der Waals surface area contributed by atoms with E-state index in [1.807, 2.05) is 35.8 Å². The number of hydrazine groups is 1. The first kappa shape index (κ1) is 19.8. The average molecular weight is 429 g/mol. The summed E-state index contributed by atoms with van der Waals surface area (Å²) in [6, 6.07) is 7.16. The van der Waals surface area contributed by atoms with E-state index in [9.17, 15) is 4.79 Å². The summed E-state index contributed by atoms with van der Waals surface area (Å²) in [5.74, 6) is 1.27. The number of halogens is 1. The molecule has 1 amide bonds. The number of thiophene rings is 1. The van der Waals surface area contributed by atoms with Crippen molar-refractivity contribution < 1.29 is 4.79 Å². The van der Waals surface area contributed by atoms with Crippen molar-refractivity contribution in [2.24, 2.45) is 4.99 Å². The number of nitrogens with zero attached hydrogens (tertiary/aromatic N) is 4. The molecule has 3 heterocycles. The van der Waals surface area contributed by atoms with E-state index in [1.165, 1.54) is 4.88 Å². The highest BCUT2D eigenvalue weighted by Gasteiger charge is 2.32. The van der Waals surface area contributed by atoms with E-state index in [-0.39, 0.29) is 12.3 Å². The van der Waals surface area contributed by atoms with E-state index in [1.54, 1.807) is 18.4 Å². The van der Waals surface area contributed by atoms with Gasteiger partial charge in [0, 0.05) is 28.1 Å². The molecule has 0 fully saturated rings. The number of fused-ring (bicyclic) bond motifs is 3. The van der Waals surface area contributed by atoms with Gasteiger partial charge in [-0.2, -0.15) is 0 Å². The largest absolute Gasteiger partial charge is 0.292 e. The number of carbonyl (C=O) groups excluding carboxylic acids is 1. The summed E-state index contributed by atoms with van der Waals surface area (Å²) in [4.78, 5) is 18.6. The fourth-order valence-electron chi connectivity index (χ4n) is 3.50. The molecule has 0 saturated heterocycles. The lowest BCUT2D eigenvalue weighted by atomic mass is 9.99. The first-order chi connectivity index (χ1) is 13.9. The smallest absolute Gasteiger partial charge is 0.236 e. The molecule has 2 N–H and O–H groups in total. The van der Waals surface area contributed by atoms with Crippen LogP contribution in [0.15, 0.2) is 29.3 Å². The molecule has 0 unspecified atom stereocenters. The Labute approximate surface area is 177 Å². The minimum Gasteiger partial charge on any atom is -0.292 e. The van der Waals surface area contributed by atoms with Crippen molar-refractivity contribution in [1.82, 2.24) is 25.6 Å². The van der Waals surface area contributed by atoms with Crippen LogP contribution < -0.4 is 10.9 Å². The minimum absolute atomic E-state index is 0.156. The number of aliphatic imine (C=N–C) groups is 1. The molecule has 0 radical (unpaired) electrons. The Bertz CT molecular complexity index is 1110. The number of hydrogen-bond donors (Lipinski definition) is 2. The molecule has 0 spiro atoms. The molecule has 7 nitrogen and oxygen atoms in total. The fraction of sp³-hybridized carbons (Fsp3) is 0.300. The molecule has 0 aliphatic carbocycles. The maximum atomic E-state index is 12.3. The summed E-state index contributed by atoms with van der Waals surface area (Å²) in [7, 11) is 1.66. The number of hydrogen-bond acceptors (Lipinski definition) is 6. The highest BCUT2D eigenvalue weighted by Crippen LogP contribution is 2.39. The highest BCUT2D eigenvalue weighted by molar-refractivity contribution is 7.15. The number of benzene rings is 1. The van der Waals surface area contributed by atoms with E-state index in [4.69, 9.17) is 16.6 Å². The quantitative estimate of drug-likeness (QED) is 0.623. The lowest BCUT2D eigenvalue weighted by molar-refractivity contribution is -0.122. The number of carbonyl (C=O) groups is 1. The van der Waals surface area contributed by atoms with Crippen LogP contribution in [0.5, 0.6) is 0 Å². The van der Waals surface area contributed by atoms with Gasteiger partial charge in [-0.15, -0.1) is 21.5 Å². The van der Waals surface area contributed by atoms with Crippen LogP contribution in [0.4, 0.5) is 0 Å². The lowest BCUT2D eigenvalue weighted by Gasteiger charge is -2.12. The second kappa shape index (κ2) is 7.70. The van der Waals surface area contributed by atoms with Crippen LogP contribution in [-0.4, -0.2) is 33.4 Å². The maximum absolute atomic E-state index is 12.3. The van der Waals surface area contributed by atoms with Crippen LogP contribution in [0.25, 0.3) is 5.00 Å². The van der Waals surface area contributed by atoms with Crippen molar-refractivity contribution in [3.05, 3.63) is 62.5 Å². The molecule has 1 aromatic carbocycles. The standard InChI is InChI=1S/C20H21ClN6OS/c1-10-11(2)29-20-17(10)18(13-5-7-14(21)8-6-13)23-15(9-16(28)25-22-4)19-26-24-12(3)27(19)20/h5-8,15,22H,9H2,1-4H3,(H,25,28)/t15-/m0/s1. The Balaban J connectivity index is 1.96. The van der Waals surface area contributed by atoms with Gasteiger partial charge in [0.2, 0.25) is 5.91 Å². The third-order valence-corrected chi connectivity index (χ3v) is 6.44. The Morgan fingerprint density at radius 1 is 1.21 bits per heavy atom. The zero-order chi connectivity index (χ0) is 20.7. The van der Waals surface area contributed by atoms with Gasteiger partial charge in [0.15, 0.2) is 5.82 Å². The summed E-state index contributed by atoms with van der Waals surface area (Å²) in [6.45, 7) is 6.12. The number of amides is 1. The second-order valence-corrected chi connectivity index (χ2v) is 8.55. The van der Waals surface area contributed by atoms with Crippen LogP contribution in [0.3, 0.4) is 0 Å². The van der Waals surface area contributed by atoms with Gasteiger partial charge < -0.3 is 0 Å². The lowest BCUT2D eigenvalue weighted by Crippen LogP contribution is -2.35. The summed E-state index contributed by atoms with van der Waals surface area (Å²) in [5, 5.41) is 10.4. The predicted octanol–water partition coefficient (Wildman–Crippen LogP) is 3.44. The SMILES string of the molecule is CNNC(=O)C[C@@H]1N=C(c2ccc(Cl)cc2)c2c(sc(C)c2C)-n2c(C)nnc21. The van der Waals surface area contributed by atoms with Gasteiger partial charge >= 0.3 is 0 Å². The molecule has 150 valence electrons. The van der Waals surface area contributed by atoms with E-state index in [2.05, 4.69) is 34.9 Å². The third-order valence-electron chi connectivity index (χ3n) is 5.00. The third kappa shape index (κ3) is 3.48. The molecule has 3 aromatic rings. The Kier molecular flexibility index (Phi) is 5.24. The van der Waals surface area contributed by atoms with Gasteiger partial charge in [-0.05, 0) is 38.5 Å². The number of aromatic nitrogens is 3. The molecule has 9 heteroatoms. The van der Waals surface area contributed by atoms with Gasteiger partial charge in [0.25, 0.3) is 0 Å². The van der Waals surface area contributed by atoms with Crippen LogP contribution >= 0.6 is 22.9 Å². The first-order valence-electron chi connectivity index (χ1n) is 9.22. The number of aryl methyl sites for hydroxylation is 2. The van der Waals surface area contributed by atoms with Crippen LogP contribution in [-0.2, 0) is 4.79 Å². The molecule has 1 aliphatic rings. The van der Waals surface area contributed by atoms with Crippen molar-refractivity contribution in [2.45, 2.75) is 33.2 Å². The number of nitrogens with one attached hydrogen (secondary N) is 2. The van der Waals surface area contributed by atoms with Gasteiger partial charge in [0.1, 0.15) is 16.9 Å². The average Bonchev–Trinajstić information content (AvgIpc) is 3.15. The normalized spacial score (nSPS) is 15.3. The van der Waals surface area contributed by atoms with Crippen LogP contribution in [0.1, 0.15) is 45.7 Å². The van der Waals surface area contributed by atoms with E-state index < -0.39 is 6.04 Å². The summed E-state index contributed by atoms with van der Waals surface area (Å²) in [5.41, 5.74) is 9.30. The topological polar surface area (TPSA) is 84.2 Å². The zero-order valence-corrected chi connectivity index (χ0v) is 18.1. The van der Waals surface area contributed by atoms with Gasteiger partial charge in [-0.1, -0.05) is 23.7 Å². The van der Waals surface area contributed by atoms with Gasteiger partial charge in [-0.25, -0.2) is 5.43 Å². The van der Waals surface area contributed by atoms with Crippen molar-refractivity contribution in [3.8, 4) is 5.00 Å². The predicted molar refractivity (Wildman–Crippen MR) is 115 cm³/mol. The molecule has 0 saturated carbocycles. The van der Waals surface area contributed by atoms with E-state index >= 15 is 0 Å². The zero-order valence-electron chi connectivity index (χ0n) is 16.6. The van der Waals surface area contributed by atoms with Crippen molar-refractivity contribution >= 4 is 34.6 Å².